The minimum atomic E-state index is -0.792. The number of amides is 2. The fourth-order valence-corrected chi connectivity index (χ4v) is 3.48. The predicted octanol–water partition coefficient (Wildman–Crippen LogP) is 2.90. The highest BCUT2D eigenvalue weighted by Crippen LogP contribution is 2.18. The maximum absolute atomic E-state index is 13.1. The summed E-state index contributed by atoms with van der Waals surface area (Å²) in [6.45, 7) is 2.78. The van der Waals surface area contributed by atoms with Gasteiger partial charge in [0.2, 0.25) is 5.91 Å². The van der Waals surface area contributed by atoms with Crippen LogP contribution in [0.1, 0.15) is 58.5 Å². The molecule has 0 spiro atoms. The van der Waals surface area contributed by atoms with Crippen LogP contribution < -0.4 is 5.32 Å². The summed E-state index contributed by atoms with van der Waals surface area (Å²) in [5.74, 6) is -1.60. The summed E-state index contributed by atoms with van der Waals surface area (Å²) in [7, 11) is 1.46. The topological polar surface area (TPSA) is 101 Å². The Morgan fingerprint density at radius 3 is 2.30 bits per heavy atom. The Morgan fingerprint density at radius 2 is 1.73 bits per heavy atom. The Labute approximate surface area is 192 Å². The molecule has 0 bridgehead atoms. The SMILES string of the molecule is CC(=O)CCC(C(C)=O)N(C)C(=O)c1cccc(CNC(=O)Cc2ccc(F)cc2)c1C=O. The van der Waals surface area contributed by atoms with Crippen LogP contribution >= 0.6 is 0 Å². The summed E-state index contributed by atoms with van der Waals surface area (Å²) >= 11 is 0. The molecular weight excluding hydrogens is 427 g/mol. The average molecular weight is 454 g/mol. The molecule has 1 N–H and O–H groups in total. The number of nitrogens with zero attached hydrogens (tertiary/aromatic N) is 1. The van der Waals surface area contributed by atoms with Crippen molar-refractivity contribution in [3.8, 4) is 0 Å². The zero-order valence-corrected chi connectivity index (χ0v) is 18.9. The summed E-state index contributed by atoms with van der Waals surface area (Å²) in [4.78, 5) is 61.8. The maximum atomic E-state index is 13.1. The molecule has 0 aromatic heterocycles. The first kappa shape index (κ1) is 25.6. The van der Waals surface area contributed by atoms with Crippen molar-refractivity contribution in [2.24, 2.45) is 0 Å². The lowest BCUT2D eigenvalue weighted by Crippen LogP contribution is -2.42. The highest BCUT2D eigenvalue weighted by molar-refractivity contribution is 6.03. The van der Waals surface area contributed by atoms with Gasteiger partial charge >= 0.3 is 0 Å². The molecule has 0 saturated heterocycles. The molecule has 0 aliphatic heterocycles. The van der Waals surface area contributed by atoms with Gasteiger partial charge in [0.15, 0.2) is 12.1 Å². The lowest BCUT2D eigenvalue weighted by molar-refractivity contribution is -0.122. The highest BCUT2D eigenvalue weighted by Gasteiger charge is 2.27. The van der Waals surface area contributed by atoms with Crippen LogP contribution in [0.15, 0.2) is 42.5 Å². The van der Waals surface area contributed by atoms with Crippen molar-refractivity contribution in [3.63, 3.8) is 0 Å². The molecule has 8 heteroatoms. The Hall–Kier alpha value is -3.68. The summed E-state index contributed by atoms with van der Waals surface area (Å²) < 4.78 is 13.0. The van der Waals surface area contributed by atoms with Gasteiger partial charge in [-0.05, 0) is 49.6 Å². The van der Waals surface area contributed by atoms with Crippen LogP contribution in [0, 0.1) is 5.82 Å². The molecule has 0 saturated carbocycles. The van der Waals surface area contributed by atoms with Crippen molar-refractivity contribution in [3.05, 3.63) is 70.5 Å². The summed E-state index contributed by atoms with van der Waals surface area (Å²) in [6, 6.07) is 9.46. The van der Waals surface area contributed by atoms with E-state index >= 15 is 0 Å². The van der Waals surface area contributed by atoms with Crippen molar-refractivity contribution in [1.29, 1.82) is 0 Å². The van der Waals surface area contributed by atoms with Crippen molar-refractivity contribution in [2.45, 2.75) is 45.7 Å². The van der Waals surface area contributed by atoms with E-state index in [0.717, 1.165) is 0 Å². The number of benzene rings is 2. The molecule has 0 aliphatic rings. The van der Waals surface area contributed by atoms with Gasteiger partial charge in [-0.3, -0.25) is 19.2 Å². The van der Waals surface area contributed by atoms with Crippen LogP contribution in [0.25, 0.3) is 0 Å². The second-order valence-corrected chi connectivity index (χ2v) is 7.86. The Bertz CT molecular complexity index is 1050. The highest BCUT2D eigenvalue weighted by atomic mass is 19.1. The smallest absolute Gasteiger partial charge is 0.254 e. The molecule has 0 heterocycles. The largest absolute Gasteiger partial charge is 0.352 e. The predicted molar refractivity (Wildman–Crippen MR) is 120 cm³/mol. The molecule has 2 rings (SSSR count). The molecule has 2 aromatic carbocycles. The van der Waals surface area contributed by atoms with E-state index in [-0.39, 0.29) is 54.4 Å². The van der Waals surface area contributed by atoms with Crippen LogP contribution in [0.2, 0.25) is 0 Å². The van der Waals surface area contributed by atoms with Gasteiger partial charge in [0.25, 0.3) is 5.91 Å². The normalized spacial score (nSPS) is 11.4. The Balaban J connectivity index is 2.16. The number of halogens is 1. The van der Waals surface area contributed by atoms with E-state index in [1.54, 1.807) is 12.1 Å². The summed E-state index contributed by atoms with van der Waals surface area (Å²) in [5.41, 5.74) is 1.30. The van der Waals surface area contributed by atoms with Gasteiger partial charge in [0.1, 0.15) is 11.6 Å². The van der Waals surface area contributed by atoms with Gasteiger partial charge in [0.05, 0.1) is 18.0 Å². The van der Waals surface area contributed by atoms with E-state index in [1.807, 2.05) is 0 Å². The van der Waals surface area contributed by atoms with Crippen molar-refractivity contribution in [1.82, 2.24) is 10.2 Å². The van der Waals surface area contributed by atoms with Crippen LogP contribution in [0.5, 0.6) is 0 Å². The van der Waals surface area contributed by atoms with Gasteiger partial charge in [-0.1, -0.05) is 24.3 Å². The molecule has 1 atom stereocenters. The Morgan fingerprint density at radius 1 is 1.06 bits per heavy atom. The number of hydrogen-bond donors (Lipinski definition) is 1. The van der Waals surface area contributed by atoms with Gasteiger partial charge in [-0.15, -0.1) is 0 Å². The fourth-order valence-electron chi connectivity index (χ4n) is 3.48. The number of carbonyl (C=O) groups excluding carboxylic acids is 5. The van der Waals surface area contributed by atoms with Crippen molar-refractivity contribution >= 4 is 29.7 Å². The van der Waals surface area contributed by atoms with Crippen molar-refractivity contribution < 1.29 is 28.4 Å². The number of rotatable bonds is 11. The molecule has 0 radical (unpaired) electrons. The van der Waals surface area contributed by atoms with E-state index in [9.17, 15) is 28.4 Å². The first-order chi connectivity index (χ1) is 15.6. The molecule has 0 aliphatic carbocycles. The van der Waals surface area contributed by atoms with Gasteiger partial charge in [-0.25, -0.2) is 4.39 Å². The number of Topliss-reactive ketones (excluding diaryl/α,β-unsaturated/α-hetero) is 2. The number of carbonyl (C=O) groups is 5. The second kappa shape index (κ2) is 11.8. The monoisotopic (exact) mass is 454 g/mol. The minimum absolute atomic E-state index is 0.0133. The third-order valence-electron chi connectivity index (χ3n) is 5.33. The lowest BCUT2D eigenvalue weighted by atomic mass is 9.98. The molecule has 2 amide bonds. The van der Waals surface area contributed by atoms with Crippen LogP contribution in [-0.4, -0.2) is 47.7 Å². The van der Waals surface area contributed by atoms with Crippen molar-refractivity contribution in [2.75, 3.05) is 7.05 Å². The quantitative estimate of drug-likeness (QED) is 0.526. The first-order valence-corrected chi connectivity index (χ1v) is 10.5. The van der Waals surface area contributed by atoms with Crippen LogP contribution in [-0.2, 0) is 27.3 Å². The Kier molecular flexibility index (Phi) is 9.15. The molecule has 7 nitrogen and oxygen atoms in total. The molecule has 2 aromatic rings. The van der Waals surface area contributed by atoms with Crippen LogP contribution in [0.4, 0.5) is 4.39 Å². The lowest BCUT2D eigenvalue weighted by Gasteiger charge is -2.27. The number of nitrogens with one attached hydrogen (secondary N) is 1. The van der Waals surface area contributed by atoms with E-state index in [0.29, 0.717) is 17.4 Å². The zero-order chi connectivity index (χ0) is 24.5. The third kappa shape index (κ3) is 7.17. The number of likely N-dealkylation sites (N-methyl/N-ethyl adjacent to an activating group) is 1. The maximum Gasteiger partial charge on any atom is 0.254 e. The average Bonchev–Trinajstić information content (AvgIpc) is 2.77. The fraction of sp³-hybridized carbons (Fsp3) is 0.320. The third-order valence-corrected chi connectivity index (χ3v) is 5.33. The van der Waals surface area contributed by atoms with E-state index < -0.39 is 17.8 Å². The number of aldehydes is 1. The standard InChI is InChI=1S/C25H27FN2O5/c1-16(30)7-12-23(17(2)31)28(3)25(33)21-6-4-5-19(22(21)15-29)14-27-24(32)13-18-8-10-20(26)11-9-18/h4-6,8-11,15,23H,7,12-14H2,1-3H3,(H,27,32). The van der Waals surface area contributed by atoms with E-state index in [1.165, 1.54) is 56.1 Å². The number of ketones is 2. The minimum Gasteiger partial charge on any atom is -0.352 e. The van der Waals surface area contributed by atoms with Gasteiger partial charge in [0, 0.05) is 25.6 Å². The molecule has 174 valence electrons. The van der Waals surface area contributed by atoms with E-state index in [4.69, 9.17) is 0 Å². The molecular formula is C25H27FN2O5. The molecule has 1 unspecified atom stereocenters. The second-order valence-electron chi connectivity index (χ2n) is 7.86. The summed E-state index contributed by atoms with van der Waals surface area (Å²) in [6.07, 6.45) is 0.931. The first-order valence-electron chi connectivity index (χ1n) is 10.5. The van der Waals surface area contributed by atoms with E-state index in [2.05, 4.69) is 5.32 Å². The molecule has 33 heavy (non-hydrogen) atoms. The molecule has 0 fully saturated rings. The zero-order valence-electron chi connectivity index (χ0n) is 18.9. The number of hydrogen-bond acceptors (Lipinski definition) is 5. The van der Waals surface area contributed by atoms with Gasteiger partial charge in [-0.2, -0.15) is 0 Å². The summed E-state index contributed by atoms with van der Waals surface area (Å²) in [5, 5.41) is 2.70. The van der Waals surface area contributed by atoms with Gasteiger partial charge < -0.3 is 15.0 Å². The van der Waals surface area contributed by atoms with Crippen LogP contribution in [0.3, 0.4) is 0 Å².